The molecule has 8 heteroatoms. The summed E-state index contributed by atoms with van der Waals surface area (Å²) in [4.78, 5) is 14.3. The number of aliphatic hydroxyl groups is 2. The molecule has 0 fully saturated rings. The summed E-state index contributed by atoms with van der Waals surface area (Å²) in [5, 5.41) is 23.3. The lowest BCUT2D eigenvalue weighted by molar-refractivity contribution is -0.131. The first-order chi connectivity index (χ1) is 12.0. The lowest BCUT2D eigenvalue weighted by Gasteiger charge is -2.20. The van der Waals surface area contributed by atoms with Gasteiger partial charge in [-0.05, 0) is 30.2 Å². The van der Waals surface area contributed by atoms with E-state index in [-0.39, 0.29) is 17.4 Å². The molecule has 1 aromatic heterocycles. The third kappa shape index (κ3) is 4.00. The fourth-order valence-electron chi connectivity index (χ4n) is 2.89. The zero-order valence-corrected chi connectivity index (χ0v) is 14.3. The number of fused-ring (bicyclic) bond motifs is 1. The lowest BCUT2D eigenvalue weighted by atomic mass is 10.1. The van der Waals surface area contributed by atoms with Crippen molar-refractivity contribution in [3.8, 4) is 0 Å². The van der Waals surface area contributed by atoms with Gasteiger partial charge in [-0.1, -0.05) is 17.7 Å². The second-order valence-corrected chi connectivity index (χ2v) is 6.47. The minimum Gasteiger partial charge on any atom is -0.393 e. The molecule has 2 N–H and O–H groups in total. The highest BCUT2D eigenvalue weighted by molar-refractivity contribution is 6.31. The van der Waals surface area contributed by atoms with Crippen molar-refractivity contribution in [2.24, 2.45) is 0 Å². The van der Waals surface area contributed by atoms with E-state index in [0.29, 0.717) is 30.9 Å². The summed E-state index contributed by atoms with van der Waals surface area (Å²) in [6.45, 7) is 1.18. The summed E-state index contributed by atoms with van der Waals surface area (Å²) < 4.78 is 14.9. The van der Waals surface area contributed by atoms with Crippen LogP contribution >= 0.6 is 11.6 Å². The van der Waals surface area contributed by atoms with E-state index in [1.54, 1.807) is 15.6 Å². The smallest absolute Gasteiger partial charge is 0.227 e. The van der Waals surface area contributed by atoms with Crippen LogP contribution in [0.2, 0.25) is 5.02 Å². The Bertz CT molecular complexity index is 780. The Hall–Kier alpha value is -1.96. The first-order valence-corrected chi connectivity index (χ1v) is 8.43. The largest absolute Gasteiger partial charge is 0.393 e. The van der Waals surface area contributed by atoms with Crippen LogP contribution in [0.4, 0.5) is 4.39 Å². The summed E-state index contributed by atoms with van der Waals surface area (Å²) in [5.41, 5.74) is 1.79. The number of aryl methyl sites for hydroxylation is 1. The van der Waals surface area contributed by atoms with E-state index in [4.69, 9.17) is 16.7 Å². The standard InChI is InChI=1S/C17H19ClFN3O3/c18-14-7-12(19)3-2-11(14)6-17(25)21-4-1-5-22-13(9-21)8-15(20-22)16(24)10-23/h2-3,7-8,16,23-24H,1,4-6,9-10H2/t16-/m0/s1. The SMILES string of the molecule is O=C(Cc1ccc(F)cc1Cl)N1CCCn2nc([C@@H](O)CO)cc2C1. The van der Waals surface area contributed by atoms with Crippen LogP contribution in [0.5, 0.6) is 0 Å². The lowest BCUT2D eigenvalue weighted by Crippen LogP contribution is -2.32. The van der Waals surface area contributed by atoms with E-state index < -0.39 is 18.5 Å². The fourth-order valence-corrected chi connectivity index (χ4v) is 3.13. The van der Waals surface area contributed by atoms with Gasteiger partial charge in [0.25, 0.3) is 0 Å². The van der Waals surface area contributed by atoms with Gasteiger partial charge in [0, 0.05) is 18.1 Å². The second kappa shape index (κ2) is 7.51. The van der Waals surface area contributed by atoms with Gasteiger partial charge in [0.2, 0.25) is 5.91 Å². The van der Waals surface area contributed by atoms with Crippen LogP contribution in [-0.2, 0) is 24.3 Å². The van der Waals surface area contributed by atoms with Gasteiger partial charge >= 0.3 is 0 Å². The van der Waals surface area contributed by atoms with Crippen molar-refractivity contribution < 1.29 is 19.4 Å². The highest BCUT2D eigenvalue weighted by Gasteiger charge is 2.23. The molecule has 3 rings (SSSR count). The zero-order valence-electron chi connectivity index (χ0n) is 13.5. The van der Waals surface area contributed by atoms with E-state index in [0.717, 1.165) is 12.1 Å². The molecule has 0 radical (unpaired) electrons. The van der Waals surface area contributed by atoms with Crippen molar-refractivity contribution in [1.82, 2.24) is 14.7 Å². The van der Waals surface area contributed by atoms with E-state index in [1.807, 2.05) is 0 Å². The van der Waals surface area contributed by atoms with Crippen molar-refractivity contribution >= 4 is 17.5 Å². The van der Waals surface area contributed by atoms with Crippen LogP contribution in [-0.4, -0.2) is 44.0 Å². The molecule has 6 nitrogen and oxygen atoms in total. The molecule has 1 atom stereocenters. The van der Waals surface area contributed by atoms with E-state index in [2.05, 4.69) is 5.10 Å². The van der Waals surface area contributed by atoms with E-state index >= 15 is 0 Å². The molecule has 0 spiro atoms. The van der Waals surface area contributed by atoms with Crippen LogP contribution in [0, 0.1) is 5.82 Å². The number of nitrogens with zero attached hydrogens (tertiary/aromatic N) is 3. The highest BCUT2D eigenvalue weighted by atomic mass is 35.5. The molecule has 0 saturated carbocycles. The molecule has 2 heterocycles. The fraction of sp³-hybridized carbons (Fsp3) is 0.412. The number of carbonyl (C=O) groups excluding carboxylic acids is 1. The predicted octanol–water partition coefficient (Wildman–Crippen LogP) is 1.68. The number of rotatable bonds is 4. The van der Waals surface area contributed by atoms with Crippen molar-refractivity contribution in [3.05, 3.63) is 52.1 Å². The average molecular weight is 368 g/mol. The first kappa shape index (κ1) is 17.8. The van der Waals surface area contributed by atoms with Gasteiger partial charge < -0.3 is 15.1 Å². The van der Waals surface area contributed by atoms with E-state index in [9.17, 15) is 14.3 Å². The molecule has 0 bridgehead atoms. The van der Waals surface area contributed by atoms with Crippen molar-refractivity contribution in [2.75, 3.05) is 13.2 Å². The first-order valence-electron chi connectivity index (χ1n) is 8.05. The van der Waals surface area contributed by atoms with Crippen LogP contribution in [0.25, 0.3) is 0 Å². The summed E-state index contributed by atoms with van der Waals surface area (Å²) in [5.74, 6) is -0.540. The number of halogens is 2. The maximum atomic E-state index is 13.1. The van der Waals surface area contributed by atoms with Crippen LogP contribution < -0.4 is 0 Å². The Labute approximate surface area is 149 Å². The van der Waals surface area contributed by atoms with Gasteiger partial charge in [-0.15, -0.1) is 0 Å². The number of amides is 1. The predicted molar refractivity (Wildman–Crippen MR) is 89.4 cm³/mol. The van der Waals surface area contributed by atoms with Crippen LogP contribution in [0.1, 0.15) is 29.5 Å². The van der Waals surface area contributed by atoms with Gasteiger partial charge in [0.05, 0.1) is 31.0 Å². The number of hydrogen-bond acceptors (Lipinski definition) is 4. The number of benzene rings is 1. The van der Waals surface area contributed by atoms with Crippen LogP contribution in [0.3, 0.4) is 0 Å². The molecule has 2 aromatic rings. The third-order valence-corrected chi connectivity index (χ3v) is 4.61. The monoisotopic (exact) mass is 367 g/mol. The van der Waals surface area contributed by atoms with Crippen LogP contribution in [0.15, 0.2) is 24.3 Å². The average Bonchev–Trinajstić information content (AvgIpc) is 2.88. The molecule has 134 valence electrons. The normalized spacial score (nSPS) is 15.6. The molecule has 1 amide bonds. The number of hydrogen-bond donors (Lipinski definition) is 2. The van der Waals surface area contributed by atoms with Gasteiger partial charge in [-0.25, -0.2) is 4.39 Å². The number of aromatic nitrogens is 2. The minimum absolute atomic E-state index is 0.0966. The molecule has 0 unspecified atom stereocenters. The number of carbonyl (C=O) groups is 1. The maximum Gasteiger partial charge on any atom is 0.227 e. The molecular formula is C17H19ClFN3O3. The Balaban J connectivity index is 1.74. The number of aliphatic hydroxyl groups excluding tert-OH is 2. The van der Waals surface area contributed by atoms with Gasteiger partial charge in [0.15, 0.2) is 0 Å². The second-order valence-electron chi connectivity index (χ2n) is 6.06. The summed E-state index contributed by atoms with van der Waals surface area (Å²) in [6.07, 6.45) is -0.201. The molecular weight excluding hydrogens is 349 g/mol. The Morgan fingerprint density at radius 3 is 2.88 bits per heavy atom. The molecule has 25 heavy (non-hydrogen) atoms. The zero-order chi connectivity index (χ0) is 18.0. The topological polar surface area (TPSA) is 78.6 Å². The quantitative estimate of drug-likeness (QED) is 0.861. The molecule has 0 aliphatic carbocycles. The molecule has 0 saturated heterocycles. The van der Waals surface area contributed by atoms with Crippen molar-refractivity contribution in [2.45, 2.75) is 32.0 Å². The third-order valence-electron chi connectivity index (χ3n) is 4.26. The Kier molecular flexibility index (Phi) is 5.36. The highest BCUT2D eigenvalue weighted by Crippen LogP contribution is 2.21. The Morgan fingerprint density at radius 2 is 2.16 bits per heavy atom. The minimum atomic E-state index is -1.03. The maximum absolute atomic E-state index is 13.1. The Morgan fingerprint density at radius 1 is 1.36 bits per heavy atom. The van der Waals surface area contributed by atoms with Crippen molar-refractivity contribution in [3.63, 3.8) is 0 Å². The van der Waals surface area contributed by atoms with Gasteiger partial charge in [-0.3, -0.25) is 9.48 Å². The molecule has 1 aliphatic heterocycles. The molecule has 1 aromatic carbocycles. The summed E-state index contributed by atoms with van der Waals surface area (Å²) >= 11 is 6.00. The van der Waals surface area contributed by atoms with Gasteiger partial charge in [0.1, 0.15) is 11.9 Å². The van der Waals surface area contributed by atoms with E-state index in [1.165, 1.54) is 18.2 Å². The van der Waals surface area contributed by atoms with Crippen molar-refractivity contribution in [1.29, 1.82) is 0 Å². The summed E-state index contributed by atoms with van der Waals surface area (Å²) in [6, 6.07) is 5.71. The summed E-state index contributed by atoms with van der Waals surface area (Å²) in [7, 11) is 0. The van der Waals surface area contributed by atoms with Gasteiger partial charge in [-0.2, -0.15) is 5.10 Å². The molecule has 1 aliphatic rings.